The van der Waals surface area contributed by atoms with E-state index in [1.807, 2.05) is 53.7 Å². The average molecular weight is 851 g/mol. The fourth-order valence-corrected chi connectivity index (χ4v) is 6.57. The van der Waals surface area contributed by atoms with E-state index >= 15 is 0 Å². The standard InChI is InChI=1S/C24H30N6O3.C19H23FN6O.C2H6/c1-16(2)30(15-25)23(26)20-5-4-6-21(27-20)28-24(32)18-8-7-17-9-11-29(14-19(17)13-18)22(31)10-12-33-3;1-11(2)26(22)18(21)16-4-3-5-17(24-16)25-19(27)14-8-13-10-23-7-6-12(13)9-15(14)20;1-2/h4-8,13,15-16,25-26H,9-12,14H2,1-3H3,(H,27,28,32);3-5,8-9,11,21,23H,6-7,10,22H2,1-2H3,(H,24,25,27);1-2H3. The molecule has 16 nitrogen and oxygen atoms in total. The Morgan fingerprint density at radius 1 is 0.871 bits per heavy atom. The van der Waals surface area contributed by atoms with Crippen molar-refractivity contribution in [3.05, 3.63) is 117 Å². The van der Waals surface area contributed by atoms with Gasteiger partial charge in [-0.2, -0.15) is 0 Å². The molecule has 0 spiro atoms. The molecule has 2 aliphatic heterocycles. The topological polar surface area (TPSA) is 230 Å². The molecule has 0 unspecified atom stereocenters. The number of hydrazine groups is 1. The molecule has 2 aromatic heterocycles. The summed E-state index contributed by atoms with van der Waals surface area (Å²) >= 11 is 0. The molecule has 0 saturated carbocycles. The number of nitrogens with two attached hydrogens (primary N) is 1. The SMILES string of the molecule is CC.CC(C)N(N)C(=N)c1cccc(NC(=O)c2cc3c(cc2F)CCNC3)n1.COCCC(=O)N1CCc2ccc(C(=O)Nc3cccc(C(=N)N(C=N)C(C)C)n3)cc2C1. The number of rotatable bonds is 12. The van der Waals surface area contributed by atoms with Crippen LogP contribution in [0.5, 0.6) is 0 Å². The highest BCUT2D eigenvalue weighted by Crippen LogP contribution is 2.23. The number of carbonyl (C=O) groups excluding carboxylic acids is 3. The average Bonchev–Trinajstić information content (AvgIpc) is 3.28. The van der Waals surface area contributed by atoms with Gasteiger partial charge in [-0.1, -0.05) is 32.0 Å². The fraction of sp³-hybridized carbons (Fsp3) is 0.378. The minimum Gasteiger partial charge on any atom is -0.384 e. The number of pyridine rings is 2. The lowest BCUT2D eigenvalue weighted by molar-refractivity contribution is -0.133. The molecule has 6 rings (SSSR count). The van der Waals surface area contributed by atoms with Crippen LogP contribution in [0.15, 0.2) is 66.7 Å². The Bertz CT molecular complexity index is 2250. The van der Waals surface area contributed by atoms with Crippen LogP contribution in [0.3, 0.4) is 0 Å². The maximum atomic E-state index is 14.4. The Morgan fingerprint density at radius 2 is 1.52 bits per heavy atom. The summed E-state index contributed by atoms with van der Waals surface area (Å²) in [5, 5.41) is 33.8. The molecular formula is C45H59FN12O4. The first-order chi connectivity index (χ1) is 29.7. The van der Waals surface area contributed by atoms with Gasteiger partial charge in [0.25, 0.3) is 11.8 Å². The Kier molecular flexibility index (Phi) is 17.9. The number of benzene rings is 2. The molecule has 62 heavy (non-hydrogen) atoms. The monoisotopic (exact) mass is 850 g/mol. The van der Waals surface area contributed by atoms with Crippen molar-refractivity contribution in [1.82, 2.24) is 30.1 Å². The maximum absolute atomic E-state index is 14.4. The molecule has 0 bridgehead atoms. The summed E-state index contributed by atoms with van der Waals surface area (Å²) < 4.78 is 19.4. The number of halogens is 1. The summed E-state index contributed by atoms with van der Waals surface area (Å²) in [7, 11) is 1.57. The van der Waals surface area contributed by atoms with E-state index < -0.39 is 11.7 Å². The van der Waals surface area contributed by atoms with Gasteiger partial charge in [-0.25, -0.2) is 20.2 Å². The molecule has 0 aliphatic carbocycles. The summed E-state index contributed by atoms with van der Waals surface area (Å²) in [4.78, 5) is 49.7. The van der Waals surface area contributed by atoms with E-state index in [0.29, 0.717) is 55.4 Å². The van der Waals surface area contributed by atoms with Crippen molar-refractivity contribution in [2.45, 2.75) is 86.0 Å². The number of amidine groups is 2. The number of ether oxygens (including phenoxy) is 1. The van der Waals surface area contributed by atoms with Gasteiger partial charge in [0.05, 0.1) is 24.9 Å². The highest BCUT2D eigenvalue weighted by Gasteiger charge is 2.23. The second-order valence-electron chi connectivity index (χ2n) is 14.9. The summed E-state index contributed by atoms with van der Waals surface area (Å²) in [5.41, 5.74) is 5.07. The maximum Gasteiger partial charge on any atom is 0.259 e. The predicted molar refractivity (Wildman–Crippen MR) is 240 cm³/mol. The van der Waals surface area contributed by atoms with E-state index in [4.69, 9.17) is 26.8 Å². The molecule has 330 valence electrons. The second kappa shape index (κ2) is 23.0. The van der Waals surface area contributed by atoms with Gasteiger partial charge in [0.2, 0.25) is 5.91 Å². The number of methoxy groups -OCH3 is 1. The zero-order valence-electron chi connectivity index (χ0n) is 36.6. The van der Waals surface area contributed by atoms with E-state index in [0.717, 1.165) is 48.0 Å². The number of carbonyl (C=O) groups is 3. The third-order valence-corrected chi connectivity index (χ3v) is 10.0. The third-order valence-electron chi connectivity index (χ3n) is 10.0. The van der Waals surface area contributed by atoms with Crippen molar-refractivity contribution in [2.75, 3.05) is 37.4 Å². The van der Waals surface area contributed by atoms with E-state index in [9.17, 15) is 18.8 Å². The lowest BCUT2D eigenvalue weighted by atomic mass is 9.97. The minimum atomic E-state index is -0.578. The Hall–Kier alpha value is -6.43. The molecule has 2 aromatic carbocycles. The number of nitrogens with one attached hydrogen (secondary N) is 6. The zero-order chi connectivity index (χ0) is 45.5. The van der Waals surface area contributed by atoms with E-state index in [1.54, 1.807) is 60.5 Å². The predicted octanol–water partition coefficient (Wildman–Crippen LogP) is 5.95. The van der Waals surface area contributed by atoms with Crippen LogP contribution < -0.4 is 21.8 Å². The Morgan fingerprint density at radius 3 is 2.13 bits per heavy atom. The minimum absolute atomic E-state index is 0.0256. The first-order valence-electron chi connectivity index (χ1n) is 20.7. The molecule has 0 radical (unpaired) electrons. The van der Waals surface area contributed by atoms with Gasteiger partial charge >= 0.3 is 0 Å². The van der Waals surface area contributed by atoms with Crippen LogP contribution in [0, 0.1) is 22.0 Å². The van der Waals surface area contributed by atoms with Crippen LogP contribution in [0.4, 0.5) is 16.0 Å². The Balaban J connectivity index is 0.000000267. The van der Waals surface area contributed by atoms with Gasteiger partial charge in [0.15, 0.2) is 11.7 Å². The molecule has 4 aromatic rings. The quantitative estimate of drug-likeness (QED) is 0.0383. The third kappa shape index (κ3) is 12.6. The molecule has 2 aliphatic rings. The smallest absolute Gasteiger partial charge is 0.259 e. The number of anilines is 2. The lowest BCUT2D eigenvalue weighted by Crippen LogP contribution is -2.43. The van der Waals surface area contributed by atoms with Gasteiger partial charge in [-0.05, 0) is 118 Å². The summed E-state index contributed by atoms with van der Waals surface area (Å²) in [6.07, 6.45) is 2.93. The van der Waals surface area contributed by atoms with Crippen molar-refractivity contribution in [3.8, 4) is 0 Å². The van der Waals surface area contributed by atoms with Gasteiger partial charge in [-0.15, -0.1) is 0 Å². The molecule has 8 N–H and O–H groups in total. The van der Waals surface area contributed by atoms with Crippen LogP contribution >= 0.6 is 0 Å². The Labute approximate surface area is 362 Å². The molecule has 0 atom stereocenters. The summed E-state index contributed by atoms with van der Waals surface area (Å²) in [6.45, 7) is 14.4. The van der Waals surface area contributed by atoms with Crippen LogP contribution in [-0.4, -0.2) is 99.4 Å². The van der Waals surface area contributed by atoms with Crippen molar-refractivity contribution in [3.63, 3.8) is 0 Å². The van der Waals surface area contributed by atoms with Gasteiger partial charge in [0, 0.05) is 44.4 Å². The highest BCUT2D eigenvalue weighted by atomic mass is 19.1. The second-order valence-corrected chi connectivity index (χ2v) is 14.9. The van der Waals surface area contributed by atoms with Crippen LogP contribution in [0.1, 0.15) is 102 Å². The highest BCUT2D eigenvalue weighted by molar-refractivity contribution is 6.06. The van der Waals surface area contributed by atoms with Crippen LogP contribution in [0.25, 0.3) is 0 Å². The number of amides is 3. The van der Waals surface area contributed by atoms with Gasteiger partial charge < -0.3 is 30.5 Å². The first kappa shape index (κ1) is 48.2. The summed E-state index contributed by atoms with van der Waals surface area (Å²) in [6, 6.07) is 18.3. The number of aromatic nitrogens is 2. The largest absolute Gasteiger partial charge is 0.384 e. The number of hydrogen-bond donors (Lipinski definition) is 7. The normalized spacial score (nSPS) is 12.7. The van der Waals surface area contributed by atoms with Crippen molar-refractivity contribution >= 4 is 47.4 Å². The molecule has 0 saturated heterocycles. The van der Waals surface area contributed by atoms with Gasteiger partial charge in [0.1, 0.15) is 28.8 Å². The fourth-order valence-electron chi connectivity index (χ4n) is 6.57. The number of fused-ring (bicyclic) bond motifs is 2. The van der Waals surface area contributed by atoms with Crippen molar-refractivity contribution < 1.29 is 23.5 Å². The molecular weight excluding hydrogens is 792 g/mol. The van der Waals surface area contributed by atoms with Crippen LogP contribution in [-0.2, 0) is 35.5 Å². The molecule has 3 amide bonds. The van der Waals surface area contributed by atoms with Crippen molar-refractivity contribution in [2.24, 2.45) is 5.84 Å². The zero-order valence-corrected chi connectivity index (χ0v) is 36.6. The lowest BCUT2D eigenvalue weighted by Gasteiger charge is -2.29. The van der Waals surface area contributed by atoms with E-state index in [1.165, 1.54) is 16.0 Å². The molecule has 4 heterocycles. The van der Waals surface area contributed by atoms with Crippen LogP contribution in [0.2, 0.25) is 0 Å². The molecule has 17 heteroatoms. The number of hydrogen-bond acceptors (Lipinski definition) is 11. The van der Waals surface area contributed by atoms with Crippen molar-refractivity contribution in [1.29, 1.82) is 16.2 Å². The molecule has 0 fully saturated rings. The van der Waals surface area contributed by atoms with E-state index in [2.05, 4.69) is 25.9 Å². The first-order valence-corrected chi connectivity index (χ1v) is 20.7. The number of nitrogens with zero attached hydrogens (tertiary/aromatic N) is 5. The summed E-state index contributed by atoms with van der Waals surface area (Å²) in [5.74, 6) is 5.12. The van der Waals surface area contributed by atoms with E-state index in [-0.39, 0.29) is 47.0 Å². The van der Waals surface area contributed by atoms with Gasteiger partial charge in [-0.3, -0.25) is 35.6 Å².